The van der Waals surface area contributed by atoms with Crippen LogP contribution >= 0.6 is 0 Å². The van der Waals surface area contributed by atoms with Gasteiger partial charge in [0.2, 0.25) is 0 Å². The van der Waals surface area contributed by atoms with Crippen molar-refractivity contribution in [1.82, 2.24) is 5.06 Å². The quantitative estimate of drug-likeness (QED) is 0.480. The predicted octanol–water partition coefficient (Wildman–Crippen LogP) is 3.05. The third-order valence-corrected chi connectivity index (χ3v) is 2.15. The van der Waals surface area contributed by atoms with E-state index in [0.29, 0.717) is 5.06 Å². The molecule has 1 rings (SSSR count). The lowest BCUT2D eigenvalue weighted by atomic mass is 10.2. The molecule has 0 fully saturated rings. The van der Waals surface area contributed by atoms with Gasteiger partial charge in [0.25, 0.3) is 0 Å². The molecule has 0 saturated carbocycles. The molecule has 1 aromatic carbocycles. The highest BCUT2D eigenvalue weighted by molar-refractivity contribution is 5.67. The first kappa shape index (κ1) is 15.1. The summed E-state index contributed by atoms with van der Waals surface area (Å²) in [6.07, 6.45) is -0.803. The molecule has 4 nitrogen and oxygen atoms in total. The molecule has 102 valence electrons. The number of hydrogen-bond donors (Lipinski definition) is 1. The Balaban J connectivity index is 2.66. The summed E-state index contributed by atoms with van der Waals surface area (Å²) in [5.41, 5.74) is 0.178. The van der Waals surface area contributed by atoms with Gasteiger partial charge in [-0.1, -0.05) is 30.0 Å². The minimum Gasteiger partial charge on any atom is -0.442 e. The molecule has 0 aliphatic heterocycles. The summed E-state index contributed by atoms with van der Waals surface area (Å²) in [5.74, 6) is 5.67. The minimum atomic E-state index is -0.803. The van der Waals surface area contributed by atoms with Gasteiger partial charge in [-0.3, -0.25) is 5.21 Å². The maximum absolute atomic E-state index is 11.6. The average molecular weight is 261 g/mol. The SMILES string of the molecule is CC(C#Cc1ccccc1)N(O)C(=O)OC(C)(C)C. The van der Waals surface area contributed by atoms with Crippen molar-refractivity contribution in [2.75, 3.05) is 0 Å². The summed E-state index contributed by atoms with van der Waals surface area (Å²) < 4.78 is 5.04. The van der Waals surface area contributed by atoms with Gasteiger partial charge in [-0.05, 0) is 39.8 Å². The largest absolute Gasteiger partial charge is 0.442 e. The Bertz CT molecular complexity index is 480. The van der Waals surface area contributed by atoms with Crippen molar-refractivity contribution in [1.29, 1.82) is 0 Å². The van der Waals surface area contributed by atoms with Crippen molar-refractivity contribution >= 4 is 6.09 Å². The van der Waals surface area contributed by atoms with Gasteiger partial charge < -0.3 is 4.74 Å². The van der Waals surface area contributed by atoms with Crippen LogP contribution in [0.25, 0.3) is 0 Å². The molecule has 0 bridgehead atoms. The van der Waals surface area contributed by atoms with Crippen molar-refractivity contribution in [2.24, 2.45) is 0 Å². The van der Waals surface area contributed by atoms with Gasteiger partial charge in [0, 0.05) is 5.56 Å². The van der Waals surface area contributed by atoms with Crippen LogP contribution < -0.4 is 0 Å². The summed E-state index contributed by atoms with van der Waals surface area (Å²) in [4.78, 5) is 11.6. The van der Waals surface area contributed by atoms with E-state index < -0.39 is 17.7 Å². The Morgan fingerprint density at radius 3 is 2.42 bits per heavy atom. The van der Waals surface area contributed by atoms with Crippen molar-refractivity contribution in [3.8, 4) is 11.8 Å². The molecule has 0 aliphatic rings. The van der Waals surface area contributed by atoms with Gasteiger partial charge in [-0.2, -0.15) is 5.06 Å². The first-order valence-corrected chi connectivity index (χ1v) is 6.07. The van der Waals surface area contributed by atoms with Crippen LogP contribution in [0.4, 0.5) is 4.79 Å². The first-order chi connectivity index (χ1) is 8.79. The highest BCUT2D eigenvalue weighted by atomic mass is 16.6. The van der Waals surface area contributed by atoms with Crippen LogP contribution in [0, 0.1) is 11.8 Å². The van der Waals surface area contributed by atoms with E-state index in [-0.39, 0.29) is 0 Å². The molecule has 1 aromatic rings. The van der Waals surface area contributed by atoms with E-state index in [1.54, 1.807) is 27.7 Å². The maximum atomic E-state index is 11.6. The smallest absolute Gasteiger partial charge is 0.435 e. The zero-order valence-corrected chi connectivity index (χ0v) is 11.7. The molecule has 0 aromatic heterocycles. The topological polar surface area (TPSA) is 49.8 Å². The maximum Gasteiger partial charge on any atom is 0.435 e. The Hall–Kier alpha value is -1.99. The number of ether oxygens (including phenoxy) is 1. The van der Waals surface area contributed by atoms with Crippen LogP contribution in [0.1, 0.15) is 33.3 Å². The fraction of sp³-hybridized carbons (Fsp3) is 0.400. The number of hydroxylamine groups is 2. The van der Waals surface area contributed by atoms with Gasteiger partial charge in [0.1, 0.15) is 11.6 Å². The van der Waals surface area contributed by atoms with Crippen molar-refractivity contribution in [3.63, 3.8) is 0 Å². The van der Waals surface area contributed by atoms with Crippen LogP contribution in [-0.2, 0) is 4.74 Å². The van der Waals surface area contributed by atoms with Crippen molar-refractivity contribution in [2.45, 2.75) is 39.3 Å². The van der Waals surface area contributed by atoms with Gasteiger partial charge in [0.15, 0.2) is 0 Å². The molecule has 1 N–H and O–H groups in total. The molecule has 1 amide bonds. The molecule has 1 unspecified atom stereocenters. The van der Waals surface area contributed by atoms with Crippen LogP contribution in [-0.4, -0.2) is 28.0 Å². The highest BCUT2D eigenvalue weighted by Crippen LogP contribution is 2.10. The zero-order chi connectivity index (χ0) is 14.5. The number of carbonyl (C=O) groups excluding carboxylic acids is 1. The summed E-state index contributed by atoms with van der Waals surface area (Å²) >= 11 is 0. The summed E-state index contributed by atoms with van der Waals surface area (Å²) in [7, 11) is 0. The van der Waals surface area contributed by atoms with E-state index >= 15 is 0 Å². The third kappa shape index (κ3) is 5.45. The minimum absolute atomic E-state index is 0.501. The van der Waals surface area contributed by atoms with E-state index in [1.165, 1.54) is 0 Å². The van der Waals surface area contributed by atoms with Gasteiger partial charge in [-0.25, -0.2) is 4.79 Å². The van der Waals surface area contributed by atoms with Crippen LogP contribution in [0.15, 0.2) is 30.3 Å². The number of nitrogens with zero attached hydrogens (tertiary/aromatic N) is 1. The zero-order valence-electron chi connectivity index (χ0n) is 11.7. The molecule has 19 heavy (non-hydrogen) atoms. The number of amides is 1. The average Bonchev–Trinajstić information content (AvgIpc) is 2.34. The molecule has 0 saturated heterocycles. The van der Waals surface area contributed by atoms with Crippen LogP contribution in [0.2, 0.25) is 0 Å². The molecule has 0 aliphatic carbocycles. The number of carbonyl (C=O) groups is 1. The summed E-state index contributed by atoms with van der Waals surface area (Å²) in [5, 5.41) is 10.2. The molecular formula is C15H19NO3. The molecule has 4 heteroatoms. The van der Waals surface area contributed by atoms with Crippen LogP contribution in [0.5, 0.6) is 0 Å². The predicted molar refractivity (Wildman–Crippen MR) is 72.6 cm³/mol. The molecule has 1 atom stereocenters. The Kier molecular flexibility index (Phi) is 4.96. The molecule has 0 heterocycles. The second-order valence-corrected chi connectivity index (χ2v) is 5.14. The Labute approximate surface area is 113 Å². The number of benzene rings is 1. The van der Waals surface area contributed by atoms with Gasteiger partial charge in [0.05, 0.1) is 0 Å². The number of hydrogen-bond acceptors (Lipinski definition) is 3. The molecule has 0 spiro atoms. The van der Waals surface area contributed by atoms with Crippen LogP contribution in [0.3, 0.4) is 0 Å². The Morgan fingerprint density at radius 2 is 1.89 bits per heavy atom. The monoisotopic (exact) mass is 261 g/mol. The molecular weight excluding hydrogens is 242 g/mol. The fourth-order valence-corrected chi connectivity index (χ4v) is 1.24. The van der Waals surface area contributed by atoms with E-state index in [4.69, 9.17) is 4.74 Å². The van der Waals surface area contributed by atoms with E-state index in [0.717, 1.165) is 5.56 Å². The number of rotatable bonds is 1. The Morgan fingerprint density at radius 1 is 1.32 bits per heavy atom. The lowest BCUT2D eigenvalue weighted by molar-refractivity contribution is -0.104. The summed E-state index contributed by atoms with van der Waals surface area (Å²) in [6.45, 7) is 6.83. The first-order valence-electron chi connectivity index (χ1n) is 6.07. The van der Waals surface area contributed by atoms with Gasteiger partial charge >= 0.3 is 6.09 Å². The standard InChI is InChI=1S/C15H19NO3/c1-12(10-11-13-8-6-5-7-9-13)16(18)14(17)19-15(2,3)4/h5-9,12,18H,1-4H3. The third-order valence-electron chi connectivity index (χ3n) is 2.15. The van der Waals surface area contributed by atoms with E-state index in [1.807, 2.05) is 30.3 Å². The summed E-state index contributed by atoms with van der Waals surface area (Å²) in [6, 6.07) is 8.71. The second-order valence-electron chi connectivity index (χ2n) is 5.14. The van der Waals surface area contributed by atoms with Crippen molar-refractivity contribution < 1.29 is 14.7 Å². The lowest BCUT2D eigenvalue weighted by Gasteiger charge is -2.24. The lowest BCUT2D eigenvalue weighted by Crippen LogP contribution is -2.39. The molecule has 0 radical (unpaired) electrons. The highest BCUT2D eigenvalue weighted by Gasteiger charge is 2.23. The van der Waals surface area contributed by atoms with E-state index in [9.17, 15) is 10.0 Å². The normalized spacial score (nSPS) is 12.1. The van der Waals surface area contributed by atoms with Gasteiger partial charge in [-0.15, -0.1) is 0 Å². The second kappa shape index (κ2) is 6.26. The van der Waals surface area contributed by atoms with E-state index in [2.05, 4.69) is 11.8 Å². The fourth-order valence-electron chi connectivity index (χ4n) is 1.24. The van der Waals surface area contributed by atoms with Crippen molar-refractivity contribution in [3.05, 3.63) is 35.9 Å².